The maximum Gasteiger partial charge on any atom is 0.191 e. The quantitative estimate of drug-likeness (QED) is 0.387. The smallest absolute Gasteiger partial charge is 0.191 e. The van der Waals surface area contributed by atoms with Gasteiger partial charge in [0, 0.05) is 18.7 Å². The van der Waals surface area contributed by atoms with E-state index in [0.29, 0.717) is 24.8 Å². The molecule has 0 aliphatic rings. The van der Waals surface area contributed by atoms with Gasteiger partial charge in [0.25, 0.3) is 0 Å². The van der Waals surface area contributed by atoms with Crippen LogP contribution in [0.1, 0.15) is 19.5 Å². The van der Waals surface area contributed by atoms with Gasteiger partial charge in [-0.1, -0.05) is 11.2 Å². The minimum absolute atomic E-state index is 0. The van der Waals surface area contributed by atoms with Gasteiger partial charge in [-0.05, 0) is 26.0 Å². The average molecular weight is 448 g/mol. The van der Waals surface area contributed by atoms with Crippen LogP contribution in [0.25, 0.3) is 0 Å². The summed E-state index contributed by atoms with van der Waals surface area (Å²) in [7, 11) is 0. The molecule has 2 N–H and O–H groups in total. The van der Waals surface area contributed by atoms with Crippen LogP contribution in [0.3, 0.4) is 0 Å². The van der Waals surface area contributed by atoms with Crippen LogP contribution in [-0.2, 0) is 6.54 Å². The zero-order valence-electron chi connectivity index (χ0n) is 13.7. The lowest BCUT2D eigenvalue weighted by atomic mass is 10.3. The molecule has 0 aliphatic heterocycles. The summed E-state index contributed by atoms with van der Waals surface area (Å²) in [5.41, 5.74) is 0.756. The Balaban J connectivity index is 0.00000288. The fourth-order valence-electron chi connectivity index (χ4n) is 1.88. The summed E-state index contributed by atoms with van der Waals surface area (Å²) >= 11 is 0. The molecule has 8 heteroatoms. The van der Waals surface area contributed by atoms with Crippen molar-refractivity contribution in [3.63, 3.8) is 0 Å². The van der Waals surface area contributed by atoms with Gasteiger partial charge in [-0.2, -0.15) is 0 Å². The first-order valence-corrected chi connectivity index (χ1v) is 7.51. The van der Waals surface area contributed by atoms with E-state index in [1.807, 2.05) is 13.8 Å². The second-order valence-electron chi connectivity index (χ2n) is 4.95. The number of aromatic nitrogens is 1. The molecule has 2 rings (SSSR count). The van der Waals surface area contributed by atoms with Crippen LogP contribution in [-0.4, -0.2) is 30.3 Å². The zero-order valence-corrected chi connectivity index (χ0v) is 16.0. The molecular formula is C16H22FIN4O2. The molecule has 1 aromatic carbocycles. The maximum absolute atomic E-state index is 13.1. The Morgan fingerprint density at radius 1 is 1.38 bits per heavy atom. The maximum atomic E-state index is 13.1. The second kappa shape index (κ2) is 10.8. The Morgan fingerprint density at radius 3 is 2.88 bits per heavy atom. The van der Waals surface area contributed by atoms with Gasteiger partial charge in [0.1, 0.15) is 29.6 Å². The van der Waals surface area contributed by atoms with Crippen LogP contribution in [0.15, 0.2) is 46.1 Å². The fourth-order valence-corrected chi connectivity index (χ4v) is 1.88. The molecule has 132 valence electrons. The van der Waals surface area contributed by atoms with Gasteiger partial charge < -0.3 is 19.9 Å². The van der Waals surface area contributed by atoms with Crippen molar-refractivity contribution < 1.29 is 13.7 Å². The molecule has 1 atom stereocenters. The van der Waals surface area contributed by atoms with Crippen molar-refractivity contribution >= 4 is 29.9 Å². The van der Waals surface area contributed by atoms with Gasteiger partial charge in [-0.3, -0.25) is 0 Å². The molecule has 6 nitrogen and oxygen atoms in total. The first-order chi connectivity index (χ1) is 11.2. The third-order valence-electron chi connectivity index (χ3n) is 2.92. The van der Waals surface area contributed by atoms with Crippen LogP contribution in [0, 0.1) is 5.82 Å². The first kappa shape index (κ1) is 20.2. The summed E-state index contributed by atoms with van der Waals surface area (Å²) in [6.45, 7) is 5.58. The van der Waals surface area contributed by atoms with Gasteiger partial charge in [0.05, 0.1) is 13.1 Å². The van der Waals surface area contributed by atoms with Gasteiger partial charge in [0.15, 0.2) is 5.96 Å². The minimum atomic E-state index is -0.315. The van der Waals surface area contributed by atoms with E-state index >= 15 is 0 Å². The largest absolute Gasteiger partial charge is 0.489 e. The number of aliphatic imine (C=N–C) groups is 1. The van der Waals surface area contributed by atoms with E-state index in [-0.39, 0.29) is 35.9 Å². The number of guanidine groups is 1. The highest BCUT2D eigenvalue weighted by Gasteiger charge is 2.06. The Bertz CT molecular complexity index is 622. The predicted molar refractivity (Wildman–Crippen MR) is 101 cm³/mol. The third-order valence-corrected chi connectivity index (χ3v) is 2.92. The summed E-state index contributed by atoms with van der Waals surface area (Å²) in [4.78, 5) is 4.41. The van der Waals surface area contributed by atoms with Crippen LogP contribution in [0.5, 0.6) is 5.75 Å². The van der Waals surface area contributed by atoms with Gasteiger partial charge in [-0.15, -0.1) is 24.0 Å². The predicted octanol–water partition coefficient (Wildman–Crippen LogP) is 2.95. The lowest BCUT2D eigenvalue weighted by Crippen LogP contribution is -2.41. The number of nitrogens with one attached hydrogen (secondary N) is 2. The summed E-state index contributed by atoms with van der Waals surface area (Å²) in [6.07, 6.45) is 1.37. The van der Waals surface area contributed by atoms with Gasteiger partial charge in [-0.25, -0.2) is 9.38 Å². The van der Waals surface area contributed by atoms with E-state index in [9.17, 15) is 4.39 Å². The molecule has 0 spiro atoms. The van der Waals surface area contributed by atoms with E-state index in [1.54, 1.807) is 18.2 Å². The molecule has 0 fully saturated rings. The Morgan fingerprint density at radius 2 is 2.21 bits per heavy atom. The van der Waals surface area contributed by atoms with Crippen molar-refractivity contribution in [2.75, 3.05) is 13.1 Å². The van der Waals surface area contributed by atoms with E-state index in [1.165, 1.54) is 18.4 Å². The number of hydrogen-bond donors (Lipinski definition) is 2. The summed E-state index contributed by atoms with van der Waals surface area (Å²) in [5.74, 6) is 0.846. The van der Waals surface area contributed by atoms with Crippen LogP contribution < -0.4 is 15.4 Å². The third kappa shape index (κ3) is 7.16. The monoisotopic (exact) mass is 448 g/mol. The lowest BCUT2D eigenvalue weighted by Gasteiger charge is -2.17. The fraction of sp³-hybridized carbons (Fsp3) is 0.375. The van der Waals surface area contributed by atoms with Crippen LogP contribution in [0.2, 0.25) is 0 Å². The van der Waals surface area contributed by atoms with Gasteiger partial charge >= 0.3 is 0 Å². The number of rotatable bonds is 7. The standard InChI is InChI=1S/C16H21FN4O2.HI/c1-3-18-16(20-11-14-7-8-22-21-14)19-10-12(2)23-15-6-4-5-13(17)9-15;/h4-9,12H,3,10-11H2,1-2H3,(H2,18,19,20);1H. The number of nitrogens with zero attached hydrogens (tertiary/aromatic N) is 2. The SMILES string of the molecule is CCNC(=NCc1ccon1)NCC(C)Oc1cccc(F)c1.I. The van der Waals surface area contributed by atoms with Crippen molar-refractivity contribution in [1.82, 2.24) is 15.8 Å². The van der Waals surface area contributed by atoms with Crippen molar-refractivity contribution in [3.05, 3.63) is 48.1 Å². The Hall–Kier alpha value is -1.84. The van der Waals surface area contributed by atoms with Crippen LogP contribution >= 0.6 is 24.0 Å². The molecular weight excluding hydrogens is 426 g/mol. The molecule has 1 aromatic heterocycles. The minimum Gasteiger partial charge on any atom is -0.489 e. The van der Waals surface area contributed by atoms with E-state index in [0.717, 1.165) is 12.2 Å². The number of hydrogen-bond acceptors (Lipinski definition) is 4. The summed E-state index contributed by atoms with van der Waals surface area (Å²) in [6, 6.07) is 7.86. The van der Waals surface area contributed by atoms with E-state index in [4.69, 9.17) is 9.26 Å². The zero-order chi connectivity index (χ0) is 16.5. The summed E-state index contributed by atoms with van der Waals surface area (Å²) < 4.78 is 23.6. The summed E-state index contributed by atoms with van der Waals surface area (Å²) in [5, 5.41) is 10.1. The molecule has 0 radical (unpaired) electrons. The lowest BCUT2D eigenvalue weighted by molar-refractivity contribution is 0.223. The van der Waals surface area contributed by atoms with E-state index < -0.39 is 0 Å². The number of ether oxygens (including phenoxy) is 1. The highest BCUT2D eigenvalue weighted by Crippen LogP contribution is 2.13. The van der Waals surface area contributed by atoms with Crippen molar-refractivity contribution in [2.24, 2.45) is 4.99 Å². The van der Waals surface area contributed by atoms with Crippen molar-refractivity contribution in [3.8, 4) is 5.75 Å². The normalized spacial score (nSPS) is 12.2. The molecule has 0 saturated heterocycles. The van der Waals surface area contributed by atoms with Gasteiger partial charge in [0.2, 0.25) is 0 Å². The molecule has 1 heterocycles. The van der Waals surface area contributed by atoms with Crippen LogP contribution in [0.4, 0.5) is 4.39 Å². The molecule has 1 unspecified atom stereocenters. The molecule has 0 saturated carbocycles. The average Bonchev–Trinajstić information content (AvgIpc) is 3.03. The second-order valence-corrected chi connectivity index (χ2v) is 4.95. The first-order valence-electron chi connectivity index (χ1n) is 7.51. The van der Waals surface area contributed by atoms with Crippen molar-refractivity contribution in [2.45, 2.75) is 26.5 Å². The Kier molecular flexibility index (Phi) is 9.13. The number of halogens is 2. The highest BCUT2D eigenvalue weighted by atomic mass is 127. The molecule has 2 aromatic rings. The molecule has 0 amide bonds. The highest BCUT2D eigenvalue weighted by molar-refractivity contribution is 14.0. The topological polar surface area (TPSA) is 71.7 Å². The Labute approximate surface area is 157 Å². The number of benzene rings is 1. The molecule has 24 heavy (non-hydrogen) atoms. The molecule has 0 bridgehead atoms. The van der Waals surface area contributed by atoms with Crippen molar-refractivity contribution in [1.29, 1.82) is 0 Å². The van der Waals surface area contributed by atoms with E-state index in [2.05, 4.69) is 20.8 Å². The molecule has 0 aliphatic carbocycles.